The Balaban J connectivity index is 1.19. The maximum absolute atomic E-state index is 13.1. The number of piperidine rings is 1. The topological polar surface area (TPSA) is 49.9 Å². The van der Waals surface area contributed by atoms with Gasteiger partial charge in [0.15, 0.2) is 5.78 Å². The van der Waals surface area contributed by atoms with E-state index in [-0.39, 0.29) is 11.8 Å². The molecule has 0 aliphatic carbocycles. The van der Waals surface area contributed by atoms with Gasteiger partial charge < -0.3 is 14.5 Å². The first-order valence-electron chi connectivity index (χ1n) is 18.2. The highest BCUT2D eigenvalue weighted by atomic mass is 16.5. The van der Waals surface area contributed by atoms with E-state index in [1.807, 2.05) is 12.1 Å². The standard InChI is InChI=1S/C39H58N3O3/c1-4-6-7-8-9-10-11-12-13-19-38(44)45-30-42(27-15-18-37(43)32-22-20-31(5-2)21-23-32)28-24-35-34(29-42)33-16-14-17-36-39(33)41(35)26-25-40(36)3/h14,16-17,20-23,34-35H,4-13,15,18-19,24-30H2,1-3H3/q+1/t34-,35-,42?/m0/s1. The molecule has 0 saturated carbocycles. The van der Waals surface area contributed by atoms with E-state index in [4.69, 9.17) is 4.74 Å². The van der Waals surface area contributed by atoms with Gasteiger partial charge in [-0.1, -0.05) is 102 Å². The third-order valence-electron chi connectivity index (χ3n) is 10.9. The van der Waals surface area contributed by atoms with Gasteiger partial charge in [0, 0.05) is 57.4 Å². The van der Waals surface area contributed by atoms with Gasteiger partial charge in [0.2, 0.25) is 6.73 Å². The molecule has 0 radical (unpaired) electrons. The molecule has 3 atom stereocenters. The molecule has 6 nitrogen and oxygen atoms in total. The molecular weight excluding hydrogens is 558 g/mol. The lowest BCUT2D eigenvalue weighted by Gasteiger charge is -2.47. The Morgan fingerprint density at radius 2 is 1.60 bits per heavy atom. The van der Waals surface area contributed by atoms with Crippen molar-refractivity contribution in [1.29, 1.82) is 0 Å². The summed E-state index contributed by atoms with van der Waals surface area (Å²) in [6.07, 6.45) is 15.1. The summed E-state index contributed by atoms with van der Waals surface area (Å²) in [4.78, 5) is 31.1. The number of likely N-dealkylation sites (N-methyl/N-ethyl adjacent to an activating group) is 1. The monoisotopic (exact) mass is 616 g/mol. The highest BCUT2D eigenvalue weighted by Crippen LogP contribution is 2.51. The molecule has 6 heteroatoms. The van der Waals surface area contributed by atoms with Crippen molar-refractivity contribution in [2.45, 2.75) is 116 Å². The van der Waals surface area contributed by atoms with Crippen LogP contribution in [0.3, 0.4) is 0 Å². The number of fused-ring (bicyclic) bond motifs is 3. The van der Waals surface area contributed by atoms with Crippen LogP contribution in [-0.4, -0.2) is 68.8 Å². The van der Waals surface area contributed by atoms with Crippen molar-refractivity contribution < 1.29 is 18.8 Å². The van der Waals surface area contributed by atoms with Gasteiger partial charge >= 0.3 is 5.97 Å². The predicted octanol–water partition coefficient (Wildman–Crippen LogP) is 8.28. The molecule has 0 aromatic heterocycles. The van der Waals surface area contributed by atoms with Gasteiger partial charge in [-0.05, 0) is 30.0 Å². The number of ketones is 1. The van der Waals surface area contributed by atoms with Crippen LogP contribution in [0.1, 0.15) is 125 Å². The first-order chi connectivity index (χ1) is 21.9. The molecule has 1 unspecified atom stereocenters. The van der Waals surface area contributed by atoms with Gasteiger partial charge in [-0.2, -0.15) is 0 Å². The normalized spacial score (nSPS) is 21.8. The summed E-state index contributed by atoms with van der Waals surface area (Å²) >= 11 is 0. The lowest BCUT2D eigenvalue weighted by Crippen LogP contribution is -2.60. The van der Waals surface area contributed by atoms with Gasteiger partial charge in [0.25, 0.3) is 0 Å². The number of benzene rings is 2. The first-order valence-corrected chi connectivity index (χ1v) is 18.2. The lowest BCUT2D eigenvalue weighted by atomic mass is 9.87. The van der Waals surface area contributed by atoms with Crippen molar-refractivity contribution in [1.82, 2.24) is 0 Å². The quantitative estimate of drug-likeness (QED) is 0.0730. The fraction of sp³-hybridized carbons (Fsp3) is 0.641. The van der Waals surface area contributed by atoms with Crippen molar-refractivity contribution in [2.75, 3.05) is 56.3 Å². The summed E-state index contributed by atoms with van der Waals surface area (Å²) in [6, 6.07) is 15.4. The van der Waals surface area contributed by atoms with Crippen LogP contribution in [0.15, 0.2) is 42.5 Å². The fourth-order valence-electron chi connectivity index (χ4n) is 8.10. The number of likely N-dealkylation sites (tertiary alicyclic amines) is 1. The van der Waals surface area contributed by atoms with Crippen LogP contribution in [0.2, 0.25) is 0 Å². The number of hydrogen-bond acceptors (Lipinski definition) is 5. The molecule has 3 heterocycles. The van der Waals surface area contributed by atoms with E-state index in [1.54, 1.807) is 0 Å². The third-order valence-corrected chi connectivity index (χ3v) is 10.9. The maximum Gasteiger partial charge on any atom is 0.310 e. The number of carbonyl (C=O) groups is 2. The molecule has 1 saturated heterocycles. The number of carbonyl (C=O) groups excluding carboxylic acids is 2. The summed E-state index contributed by atoms with van der Waals surface area (Å²) < 4.78 is 6.86. The number of esters is 1. The number of unbranched alkanes of at least 4 members (excludes halogenated alkanes) is 8. The fourth-order valence-corrected chi connectivity index (χ4v) is 8.10. The Labute approximate surface area is 272 Å². The summed E-state index contributed by atoms with van der Waals surface area (Å²) in [6.45, 7) is 9.76. The molecule has 0 bridgehead atoms. The van der Waals surface area contributed by atoms with E-state index in [0.717, 1.165) is 74.9 Å². The number of nitrogens with zero attached hydrogens (tertiary/aromatic N) is 3. The highest BCUT2D eigenvalue weighted by molar-refractivity contribution is 5.96. The van der Waals surface area contributed by atoms with Crippen LogP contribution < -0.4 is 9.80 Å². The Bertz CT molecular complexity index is 1260. The van der Waals surface area contributed by atoms with E-state index in [0.29, 0.717) is 31.5 Å². The molecule has 45 heavy (non-hydrogen) atoms. The number of aryl methyl sites for hydroxylation is 1. The van der Waals surface area contributed by atoms with E-state index in [1.165, 1.54) is 67.4 Å². The molecule has 0 N–H and O–H groups in total. The molecule has 5 rings (SSSR count). The largest absolute Gasteiger partial charge is 0.415 e. The highest BCUT2D eigenvalue weighted by Gasteiger charge is 2.50. The van der Waals surface area contributed by atoms with Crippen LogP contribution in [0.25, 0.3) is 0 Å². The smallest absolute Gasteiger partial charge is 0.310 e. The van der Waals surface area contributed by atoms with Gasteiger partial charge in [0.05, 0.1) is 36.9 Å². The minimum atomic E-state index is -0.0556. The van der Waals surface area contributed by atoms with Crippen LogP contribution in [-0.2, 0) is 16.0 Å². The van der Waals surface area contributed by atoms with Crippen molar-refractivity contribution in [3.8, 4) is 0 Å². The summed E-state index contributed by atoms with van der Waals surface area (Å²) in [5, 5.41) is 0. The molecule has 2 aromatic rings. The summed E-state index contributed by atoms with van der Waals surface area (Å²) in [5.74, 6) is 0.581. The molecule has 3 aliphatic rings. The molecule has 0 spiro atoms. The maximum atomic E-state index is 13.1. The van der Waals surface area contributed by atoms with Crippen LogP contribution in [0.5, 0.6) is 0 Å². The molecular formula is C39H58N3O3+. The number of para-hydroxylation sites is 1. The second-order valence-electron chi connectivity index (χ2n) is 14.1. The predicted molar refractivity (Wildman–Crippen MR) is 185 cm³/mol. The minimum absolute atomic E-state index is 0.0556. The zero-order valence-electron chi connectivity index (χ0n) is 28.4. The van der Waals surface area contributed by atoms with Crippen LogP contribution in [0, 0.1) is 0 Å². The zero-order valence-corrected chi connectivity index (χ0v) is 28.4. The van der Waals surface area contributed by atoms with E-state index in [9.17, 15) is 9.59 Å². The van der Waals surface area contributed by atoms with E-state index in [2.05, 4.69) is 61.0 Å². The molecule has 246 valence electrons. The van der Waals surface area contributed by atoms with Gasteiger partial charge in [-0.25, -0.2) is 0 Å². The van der Waals surface area contributed by atoms with Crippen molar-refractivity contribution >= 4 is 23.1 Å². The van der Waals surface area contributed by atoms with E-state index >= 15 is 0 Å². The second-order valence-corrected chi connectivity index (χ2v) is 14.1. The Morgan fingerprint density at radius 1 is 0.867 bits per heavy atom. The van der Waals surface area contributed by atoms with Crippen molar-refractivity contribution in [3.05, 3.63) is 59.2 Å². The van der Waals surface area contributed by atoms with E-state index < -0.39 is 0 Å². The number of quaternary nitrogens is 1. The Hall–Kier alpha value is -2.86. The molecule has 2 aromatic carbocycles. The first kappa shape index (κ1) is 33.5. The lowest BCUT2D eigenvalue weighted by molar-refractivity contribution is -0.949. The number of rotatable bonds is 18. The zero-order chi connectivity index (χ0) is 31.6. The molecule has 1 fully saturated rings. The molecule has 0 amide bonds. The average molecular weight is 617 g/mol. The SMILES string of the molecule is CCCCCCCCCCCC(=O)OC[N+]1(CCCC(=O)c2ccc(CC)cc2)CC[C@H]2[C@@H](C1)c1cccc3c1N2CCN3C. The number of Topliss-reactive ketones (excluding diaryl/α,β-unsaturated/α-hetero) is 1. The van der Waals surface area contributed by atoms with Gasteiger partial charge in [-0.3, -0.25) is 14.1 Å². The molecule has 3 aliphatic heterocycles. The number of anilines is 2. The summed E-state index contributed by atoms with van der Waals surface area (Å²) in [5.41, 5.74) is 6.29. The van der Waals surface area contributed by atoms with Gasteiger partial charge in [0.1, 0.15) is 0 Å². The summed E-state index contributed by atoms with van der Waals surface area (Å²) in [7, 11) is 2.20. The Morgan fingerprint density at radius 3 is 2.33 bits per heavy atom. The van der Waals surface area contributed by atoms with Crippen LogP contribution >= 0.6 is 0 Å². The van der Waals surface area contributed by atoms with Crippen LogP contribution in [0.4, 0.5) is 11.4 Å². The van der Waals surface area contributed by atoms with Gasteiger partial charge in [-0.15, -0.1) is 0 Å². The average Bonchev–Trinajstić information content (AvgIpc) is 3.38. The minimum Gasteiger partial charge on any atom is -0.415 e. The Kier molecular flexibility index (Phi) is 12.0. The third kappa shape index (κ3) is 8.30. The number of ether oxygens (including phenoxy) is 1. The van der Waals surface area contributed by atoms with Crippen molar-refractivity contribution in [2.24, 2.45) is 0 Å². The second kappa shape index (κ2) is 16.1. The van der Waals surface area contributed by atoms with Crippen molar-refractivity contribution in [3.63, 3.8) is 0 Å². The number of hydrogen-bond donors (Lipinski definition) is 0.